The molecule has 0 aliphatic carbocycles. The van der Waals surface area contributed by atoms with E-state index in [0.717, 1.165) is 0 Å². The maximum Gasteiger partial charge on any atom is 0.331 e. The predicted molar refractivity (Wildman–Crippen MR) is 51.2 cm³/mol. The number of aliphatic hydroxyl groups excluding tert-OH is 1. The maximum atomic E-state index is 11.0. The Morgan fingerprint density at radius 3 is 2.46 bits per heavy atom. The standard InChI is InChI=1S/C10H16O3/c1-10(2,3)13-9(12)7-5-4-6-8-11/h4-7,11H,8H2,1-3H3. The normalized spacial score (nSPS) is 12.6. The molecular formula is C10H16O3. The molecule has 0 saturated carbocycles. The van der Waals surface area contributed by atoms with Crippen LogP contribution in [0, 0.1) is 0 Å². The van der Waals surface area contributed by atoms with Crippen LogP contribution in [-0.2, 0) is 9.53 Å². The lowest BCUT2D eigenvalue weighted by atomic mass is 10.2. The van der Waals surface area contributed by atoms with Crippen molar-refractivity contribution in [2.45, 2.75) is 26.4 Å². The second kappa shape index (κ2) is 5.54. The number of allylic oxidation sites excluding steroid dienone is 2. The summed E-state index contributed by atoms with van der Waals surface area (Å²) in [4.78, 5) is 11.0. The monoisotopic (exact) mass is 184 g/mol. The van der Waals surface area contributed by atoms with Gasteiger partial charge in [-0.05, 0) is 20.8 Å². The molecule has 0 bridgehead atoms. The van der Waals surface area contributed by atoms with E-state index in [9.17, 15) is 4.79 Å². The number of ether oxygens (including phenoxy) is 1. The molecule has 74 valence electrons. The second-order valence-corrected chi connectivity index (χ2v) is 3.50. The fraction of sp³-hybridized carbons (Fsp3) is 0.500. The van der Waals surface area contributed by atoms with Gasteiger partial charge >= 0.3 is 5.97 Å². The molecule has 0 rings (SSSR count). The Kier molecular flexibility index (Phi) is 5.07. The Hall–Kier alpha value is -1.09. The zero-order valence-electron chi connectivity index (χ0n) is 8.28. The molecule has 0 aliphatic heterocycles. The highest BCUT2D eigenvalue weighted by atomic mass is 16.6. The number of carbonyl (C=O) groups is 1. The summed E-state index contributed by atoms with van der Waals surface area (Å²) in [7, 11) is 0. The van der Waals surface area contributed by atoms with Gasteiger partial charge in [-0.1, -0.05) is 18.2 Å². The van der Waals surface area contributed by atoms with Gasteiger partial charge in [0.2, 0.25) is 0 Å². The number of carbonyl (C=O) groups excluding carboxylic acids is 1. The van der Waals surface area contributed by atoms with Crippen molar-refractivity contribution in [3.63, 3.8) is 0 Å². The molecule has 0 amide bonds. The molecule has 0 atom stereocenters. The van der Waals surface area contributed by atoms with Crippen LogP contribution < -0.4 is 0 Å². The highest BCUT2D eigenvalue weighted by molar-refractivity contribution is 5.82. The lowest BCUT2D eigenvalue weighted by Gasteiger charge is -2.17. The smallest absolute Gasteiger partial charge is 0.331 e. The summed E-state index contributed by atoms with van der Waals surface area (Å²) in [5, 5.41) is 8.38. The summed E-state index contributed by atoms with van der Waals surface area (Å²) in [5.41, 5.74) is -0.456. The topological polar surface area (TPSA) is 46.5 Å². The maximum absolute atomic E-state index is 11.0. The van der Waals surface area contributed by atoms with Crippen molar-refractivity contribution >= 4 is 5.97 Å². The molecule has 0 unspecified atom stereocenters. The van der Waals surface area contributed by atoms with Gasteiger partial charge in [0.25, 0.3) is 0 Å². The fourth-order valence-corrected chi connectivity index (χ4v) is 0.609. The molecule has 13 heavy (non-hydrogen) atoms. The molecule has 0 aromatic rings. The van der Waals surface area contributed by atoms with Crippen LogP contribution in [-0.4, -0.2) is 23.3 Å². The highest BCUT2D eigenvalue weighted by Crippen LogP contribution is 2.06. The van der Waals surface area contributed by atoms with E-state index in [2.05, 4.69) is 0 Å². The highest BCUT2D eigenvalue weighted by Gasteiger charge is 2.13. The Morgan fingerprint density at radius 2 is 2.00 bits per heavy atom. The first-order valence-electron chi connectivity index (χ1n) is 4.13. The third-order valence-electron chi connectivity index (χ3n) is 0.992. The zero-order valence-corrected chi connectivity index (χ0v) is 8.28. The van der Waals surface area contributed by atoms with E-state index in [1.165, 1.54) is 18.2 Å². The van der Waals surface area contributed by atoms with Crippen LogP contribution in [0.15, 0.2) is 24.3 Å². The predicted octanol–water partition coefficient (Wildman–Crippen LogP) is 1.43. The van der Waals surface area contributed by atoms with Crippen molar-refractivity contribution in [1.29, 1.82) is 0 Å². The summed E-state index contributed by atoms with van der Waals surface area (Å²) in [6.45, 7) is 5.39. The molecule has 0 aliphatic rings. The van der Waals surface area contributed by atoms with Crippen LogP contribution in [0.1, 0.15) is 20.8 Å². The van der Waals surface area contributed by atoms with E-state index in [1.54, 1.807) is 6.08 Å². The van der Waals surface area contributed by atoms with Gasteiger partial charge in [0, 0.05) is 6.08 Å². The van der Waals surface area contributed by atoms with Crippen LogP contribution in [0.2, 0.25) is 0 Å². The molecule has 1 N–H and O–H groups in total. The van der Waals surface area contributed by atoms with Gasteiger partial charge < -0.3 is 9.84 Å². The summed E-state index contributed by atoms with van der Waals surface area (Å²) in [5.74, 6) is -0.380. The van der Waals surface area contributed by atoms with E-state index in [-0.39, 0.29) is 12.6 Å². The van der Waals surface area contributed by atoms with Gasteiger partial charge in [0.15, 0.2) is 0 Å². The largest absolute Gasteiger partial charge is 0.457 e. The molecule has 0 spiro atoms. The van der Waals surface area contributed by atoms with E-state index >= 15 is 0 Å². The van der Waals surface area contributed by atoms with Crippen molar-refractivity contribution in [3.8, 4) is 0 Å². The Morgan fingerprint density at radius 1 is 1.38 bits per heavy atom. The van der Waals surface area contributed by atoms with Gasteiger partial charge in [0.1, 0.15) is 5.60 Å². The number of rotatable bonds is 3. The average Bonchev–Trinajstić information content (AvgIpc) is 1.94. The summed E-state index contributed by atoms with van der Waals surface area (Å²) < 4.78 is 5.00. The van der Waals surface area contributed by atoms with Gasteiger partial charge in [-0.2, -0.15) is 0 Å². The van der Waals surface area contributed by atoms with Gasteiger partial charge in [-0.3, -0.25) is 0 Å². The van der Waals surface area contributed by atoms with E-state index < -0.39 is 5.60 Å². The van der Waals surface area contributed by atoms with Crippen molar-refractivity contribution in [3.05, 3.63) is 24.3 Å². The van der Waals surface area contributed by atoms with Crippen LogP contribution >= 0.6 is 0 Å². The van der Waals surface area contributed by atoms with E-state index in [0.29, 0.717) is 0 Å². The van der Waals surface area contributed by atoms with Crippen LogP contribution in [0.5, 0.6) is 0 Å². The Balaban J connectivity index is 3.88. The molecule has 0 aromatic carbocycles. The molecule has 0 saturated heterocycles. The minimum Gasteiger partial charge on any atom is -0.457 e. The number of esters is 1. The van der Waals surface area contributed by atoms with Crippen LogP contribution in [0.4, 0.5) is 0 Å². The zero-order chi connectivity index (χ0) is 10.3. The third kappa shape index (κ3) is 8.82. The first kappa shape index (κ1) is 11.9. The lowest BCUT2D eigenvalue weighted by Crippen LogP contribution is -2.22. The van der Waals surface area contributed by atoms with E-state index in [4.69, 9.17) is 9.84 Å². The second-order valence-electron chi connectivity index (χ2n) is 3.50. The first-order valence-corrected chi connectivity index (χ1v) is 4.13. The summed E-state index contributed by atoms with van der Waals surface area (Å²) in [6, 6.07) is 0. The van der Waals surface area contributed by atoms with Crippen LogP contribution in [0.25, 0.3) is 0 Å². The van der Waals surface area contributed by atoms with Crippen molar-refractivity contribution in [1.82, 2.24) is 0 Å². The van der Waals surface area contributed by atoms with Gasteiger partial charge in [-0.15, -0.1) is 0 Å². The quantitative estimate of drug-likeness (QED) is 0.410. The minimum absolute atomic E-state index is 0.0291. The van der Waals surface area contributed by atoms with Crippen molar-refractivity contribution in [2.24, 2.45) is 0 Å². The van der Waals surface area contributed by atoms with Crippen molar-refractivity contribution < 1.29 is 14.6 Å². The van der Waals surface area contributed by atoms with Gasteiger partial charge in [0.05, 0.1) is 6.61 Å². The van der Waals surface area contributed by atoms with Crippen LogP contribution in [0.3, 0.4) is 0 Å². The molecule has 0 fully saturated rings. The molecule has 0 radical (unpaired) electrons. The minimum atomic E-state index is -0.456. The van der Waals surface area contributed by atoms with Crippen molar-refractivity contribution in [2.75, 3.05) is 6.61 Å². The molecule has 0 heterocycles. The van der Waals surface area contributed by atoms with Gasteiger partial charge in [-0.25, -0.2) is 4.79 Å². The number of aliphatic hydroxyl groups is 1. The molecule has 3 heteroatoms. The molecule has 0 aromatic heterocycles. The average molecular weight is 184 g/mol. The number of hydrogen-bond donors (Lipinski definition) is 1. The Bertz CT molecular complexity index is 209. The number of hydrogen-bond acceptors (Lipinski definition) is 3. The first-order chi connectivity index (χ1) is 5.95. The SMILES string of the molecule is CC(C)(C)OC(=O)C=CC=CCO. The molecular weight excluding hydrogens is 168 g/mol. The lowest BCUT2D eigenvalue weighted by molar-refractivity contribution is -0.148. The molecule has 3 nitrogen and oxygen atoms in total. The Labute approximate surface area is 78.7 Å². The summed E-state index contributed by atoms with van der Waals surface area (Å²) in [6.07, 6.45) is 5.96. The fourth-order valence-electron chi connectivity index (χ4n) is 0.609. The van der Waals surface area contributed by atoms with E-state index in [1.807, 2.05) is 20.8 Å². The third-order valence-corrected chi connectivity index (χ3v) is 0.992. The summed E-state index contributed by atoms with van der Waals surface area (Å²) >= 11 is 0.